The van der Waals surface area contributed by atoms with Crippen LogP contribution >= 0.6 is 0 Å². The summed E-state index contributed by atoms with van der Waals surface area (Å²) in [5.41, 5.74) is -6.80. The number of aliphatic hydroxyl groups is 5. The standard InChI is InChI=1S/C70H140O6/c1-5-9-13-17-21-25-29-33-37-41-45-49-53-57-61-66(72)67(73)69(75,63-59-55-51-47-43-39-35-31-27-23-19-15-11-7-3)70(76,64-60-56-52-48-44-40-36-32-28-24-20-16-12-8-4)68(74,65-71)62-58-54-50-46-42-38-34-30-26-22-18-14-10-6-2/h65-67,72-76H,5-64H2,1-4H3/t66?,67-,68+,69-,70-/m1/s1. The van der Waals surface area contributed by atoms with Crippen LogP contribution < -0.4 is 0 Å². The normalized spacial score (nSPS) is 15.2. The van der Waals surface area contributed by atoms with Crippen molar-refractivity contribution in [3.05, 3.63) is 0 Å². The van der Waals surface area contributed by atoms with E-state index in [2.05, 4.69) is 27.7 Å². The maximum atomic E-state index is 13.4. The smallest absolute Gasteiger partial charge is 0.154 e. The van der Waals surface area contributed by atoms with Crippen LogP contribution in [-0.4, -0.2) is 60.8 Å². The Balaban J connectivity index is 5.81. The lowest BCUT2D eigenvalue weighted by molar-refractivity contribution is -0.281. The zero-order valence-corrected chi connectivity index (χ0v) is 52.3. The molecule has 76 heavy (non-hydrogen) atoms. The lowest BCUT2D eigenvalue weighted by Gasteiger charge is -2.53. The van der Waals surface area contributed by atoms with Gasteiger partial charge >= 0.3 is 0 Å². The summed E-state index contributed by atoms with van der Waals surface area (Å²) in [6, 6.07) is 0. The number of carbonyl (C=O) groups excluding carboxylic acids is 1. The molecule has 0 saturated heterocycles. The number of rotatable bonds is 65. The summed E-state index contributed by atoms with van der Waals surface area (Å²) in [6.07, 6.45) is 64.9. The van der Waals surface area contributed by atoms with E-state index < -0.39 is 29.0 Å². The van der Waals surface area contributed by atoms with Gasteiger partial charge in [0.1, 0.15) is 17.3 Å². The molecule has 0 saturated carbocycles. The molecule has 0 aromatic rings. The van der Waals surface area contributed by atoms with E-state index in [1.54, 1.807) is 0 Å². The molecule has 0 amide bonds. The molecule has 0 radical (unpaired) electrons. The van der Waals surface area contributed by atoms with E-state index in [0.29, 0.717) is 32.0 Å². The minimum absolute atomic E-state index is 0.0105. The highest BCUT2D eigenvalue weighted by Crippen LogP contribution is 2.46. The molecule has 0 aromatic carbocycles. The van der Waals surface area contributed by atoms with Gasteiger partial charge in [0.25, 0.3) is 0 Å². The molecule has 0 fully saturated rings. The molecule has 6 nitrogen and oxygen atoms in total. The second-order valence-electron chi connectivity index (χ2n) is 25.3. The summed E-state index contributed by atoms with van der Waals surface area (Å²) in [4.78, 5) is 13.4. The quantitative estimate of drug-likeness (QED) is 0.0306. The van der Waals surface area contributed by atoms with E-state index in [1.807, 2.05) is 0 Å². The molecular formula is C70H140O6. The SMILES string of the molecule is CCCCCCCCCCCCCCCCC(O)[C@@H](O)[C@](O)(CCCCCCCCCCCCCCCC)[C@@](O)(CCCCCCCCCCCCCCCC)[C@@](O)(C=O)CCCCCCCCCCCCCCCC. The fourth-order valence-electron chi connectivity index (χ4n) is 12.5. The Morgan fingerprint density at radius 3 is 0.711 bits per heavy atom. The topological polar surface area (TPSA) is 118 Å². The number of hydrogen-bond acceptors (Lipinski definition) is 6. The highest BCUT2D eigenvalue weighted by molar-refractivity contribution is 5.65. The van der Waals surface area contributed by atoms with Crippen LogP contribution in [-0.2, 0) is 4.79 Å². The second-order valence-corrected chi connectivity index (χ2v) is 25.3. The van der Waals surface area contributed by atoms with E-state index >= 15 is 0 Å². The van der Waals surface area contributed by atoms with E-state index in [0.717, 1.165) is 77.0 Å². The van der Waals surface area contributed by atoms with Gasteiger partial charge in [-0.25, -0.2) is 0 Å². The second kappa shape index (κ2) is 56.3. The summed E-state index contributed by atoms with van der Waals surface area (Å²) in [6.45, 7) is 9.09. The zero-order valence-electron chi connectivity index (χ0n) is 52.3. The van der Waals surface area contributed by atoms with Crippen molar-refractivity contribution >= 4 is 6.29 Å². The molecule has 456 valence electrons. The Kier molecular flexibility index (Phi) is 55.9. The van der Waals surface area contributed by atoms with Gasteiger partial charge in [0, 0.05) is 0 Å². The average Bonchev–Trinajstić information content (AvgIpc) is 3.43. The maximum Gasteiger partial charge on any atom is 0.154 e. The Bertz CT molecular complexity index is 1150. The molecule has 0 aliphatic heterocycles. The van der Waals surface area contributed by atoms with Gasteiger partial charge in [0.2, 0.25) is 0 Å². The summed E-state index contributed by atoms with van der Waals surface area (Å²) in [5, 5.41) is 62.8. The zero-order chi connectivity index (χ0) is 55.8. The first-order chi connectivity index (χ1) is 37.1. The van der Waals surface area contributed by atoms with Gasteiger partial charge < -0.3 is 30.3 Å². The van der Waals surface area contributed by atoms with Gasteiger partial charge in [-0.05, 0) is 25.7 Å². The fraction of sp³-hybridized carbons (Fsp3) is 0.986. The predicted molar refractivity (Wildman–Crippen MR) is 333 cm³/mol. The lowest BCUT2D eigenvalue weighted by atomic mass is 9.62. The van der Waals surface area contributed by atoms with Gasteiger partial charge in [0.05, 0.1) is 6.10 Å². The first-order valence-corrected chi connectivity index (χ1v) is 35.1. The predicted octanol–water partition coefficient (Wildman–Crippen LogP) is 21.6. The molecular weight excluding hydrogens is 937 g/mol. The van der Waals surface area contributed by atoms with E-state index in [4.69, 9.17) is 0 Å². The van der Waals surface area contributed by atoms with Gasteiger partial charge in [0.15, 0.2) is 11.9 Å². The summed E-state index contributed by atoms with van der Waals surface area (Å²) < 4.78 is 0. The van der Waals surface area contributed by atoms with Crippen LogP contribution in [0.2, 0.25) is 0 Å². The molecule has 5 N–H and O–H groups in total. The summed E-state index contributed by atoms with van der Waals surface area (Å²) in [7, 11) is 0. The van der Waals surface area contributed by atoms with Gasteiger partial charge in [-0.3, -0.25) is 0 Å². The molecule has 1 unspecified atom stereocenters. The van der Waals surface area contributed by atoms with Gasteiger partial charge in [-0.1, -0.05) is 387 Å². The summed E-state index contributed by atoms with van der Waals surface area (Å²) in [5.74, 6) is 0. The maximum absolute atomic E-state index is 13.4. The molecule has 0 heterocycles. The van der Waals surface area contributed by atoms with Crippen molar-refractivity contribution in [3.8, 4) is 0 Å². The van der Waals surface area contributed by atoms with E-state index in [1.165, 1.54) is 263 Å². The molecule has 0 aromatic heterocycles. The average molecular weight is 1080 g/mol. The van der Waals surface area contributed by atoms with Crippen molar-refractivity contribution in [1.29, 1.82) is 0 Å². The molecule has 0 aliphatic carbocycles. The minimum Gasteiger partial charge on any atom is -0.390 e. The van der Waals surface area contributed by atoms with Crippen molar-refractivity contribution in [1.82, 2.24) is 0 Å². The minimum atomic E-state index is -2.30. The van der Waals surface area contributed by atoms with Crippen LogP contribution in [0, 0.1) is 0 Å². The first kappa shape index (κ1) is 75.5. The highest BCUT2D eigenvalue weighted by atomic mass is 16.4. The van der Waals surface area contributed by atoms with Crippen molar-refractivity contribution in [2.45, 2.75) is 442 Å². The Morgan fingerprint density at radius 2 is 0.474 bits per heavy atom. The molecule has 6 heteroatoms. The lowest BCUT2D eigenvalue weighted by Crippen LogP contribution is -2.73. The van der Waals surface area contributed by atoms with Gasteiger partial charge in [-0.2, -0.15) is 0 Å². The molecule has 0 aliphatic rings. The third kappa shape index (κ3) is 40.6. The fourth-order valence-corrected chi connectivity index (χ4v) is 12.5. The largest absolute Gasteiger partial charge is 0.390 e. The Hall–Kier alpha value is -0.530. The Morgan fingerprint density at radius 1 is 0.276 bits per heavy atom. The highest BCUT2D eigenvalue weighted by Gasteiger charge is 2.64. The van der Waals surface area contributed by atoms with Crippen LogP contribution in [0.4, 0.5) is 0 Å². The monoisotopic (exact) mass is 1080 g/mol. The number of unbranched alkanes of at least 4 members (excludes halogenated alkanes) is 52. The van der Waals surface area contributed by atoms with Crippen molar-refractivity contribution < 1.29 is 30.3 Å². The van der Waals surface area contributed by atoms with Crippen molar-refractivity contribution in [3.63, 3.8) is 0 Å². The van der Waals surface area contributed by atoms with E-state index in [9.17, 15) is 30.3 Å². The molecule has 0 bridgehead atoms. The number of aldehydes is 1. The van der Waals surface area contributed by atoms with Crippen LogP contribution in [0.25, 0.3) is 0 Å². The van der Waals surface area contributed by atoms with Crippen molar-refractivity contribution in [2.75, 3.05) is 0 Å². The van der Waals surface area contributed by atoms with Crippen LogP contribution in [0.3, 0.4) is 0 Å². The van der Waals surface area contributed by atoms with Crippen molar-refractivity contribution in [2.24, 2.45) is 0 Å². The van der Waals surface area contributed by atoms with Crippen LogP contribution in [0.5, 0.6) is 0 Å². The molecule has 0 rings (SSSR count). The number of aliphatic hydroxyl groups excluding tert-OH is 2. The van der Waals surface area contributed by atoms with E-state index in [-0.39, 0.29) is 19.3 Å². The third-order valence-corrected chi connectivity index (χ3v) is 18.0. The molecule has 5 atom stereocenters. The molecule has 0 spiro atoms. The summed E-state index contributed by atoms with van der Waals surface area (Å²) >= 11 is 0. The Labute approximate surface area is 476 Å². The van der Waals surface area contributed by atoms with Gasteiger partial charge in [-0.15, -0.1) is 0 Å². The third-order valence-electron chi connectivity index (χ3n) is 18.0. The van der Waals surface area contributed by atoms with Crippen LogP contribution in [0.1, 0.15) is 413 Å². The first-order valence-electron chi connectivity index (χ1n) is 35.1. The van der Waals surface area contributed by atoms with Crippen LogP contribution in [0.15, 0.2) is 0 Å². The number of carbonyl (C=O) groups is 1. The number of hydrogen-bond donors (Lipinski definition) is 5.